The van der Waals surface area contributed by atoms with E-state index in [0.717, 1.165) is 4.90 Å². The van der Waals surface area contributed by atoms with E-state index in [0.29, 0.717) is 0 Å². The topological polar surface area (TPSA) is 130 Å². The molecule has 1 aliphatic heterocycles. The molecule has 104 valence electrons. The Labute approximate surface area is 113 Å². The predicted molar refractivity (Wildman–Crippen MR) is 66.4 cm³/mol. The SMILES string of the molecule is NC(=O)NCCN1C(=O)c2ccc(C(=O)O)cc2C1=O. The molecule has 0 saturated heterocycles. The Morgan fingerprint density at radius 3 is 2.45 bits per heavy atom. The van der Waals surface area contributed by atoms with Crippen LogP contribution in [0.3, 0.4) is 0 Å². The number of fused-ring (bicyclic) bond motifs is 1. The molecule has 0 aromatic heterocycles. The zero-order chi connectivity index (χ0) is 14.9. The maximum absolute atomic E-state index is 12.0. The van der Waals surface area contributed by atoms with Crippen molar-refractivity contribution in [1.82, 2.24) is 10.2 Å². The highest BCUT2D eigenvalue weighted by molar-refractivity contribution is 6.21. The lowest BCUT2D eigenvalue weighted by Gasteiger charge is -2.13. The number of nitrogens with two attached hydrogens (primary N) is 1. The van der Waals surface area contributed by atoms with Crippen LogP contribution in [0.1, 0.15) is 31.1 Å². The minimum atomic E-state index is -1.18. The summed E-state index contributed by atoms with van der Waals surface area (Å²) < 4.78 is 0. The van der Waals surface area contributed by atoms with Crippen molar-refractivity contribution in [2.45, 2.75) is 0 Å². The minimum Gasteiger partial charge on any atom is -0.478 e. The lowest BCUT2D eigenvalue weighted by Crippen LogP contribution is -2.39. The van der Waals surface area contributed by atoms with Gasteiger partial charge in [-0.05, 0) is 18.2 Å². The maximum atomic E-state index is 12.0. The Bertz CT molecular complexity index is 626. The van der Waals surface area contributed by atoms with Gasteiger partial charge in [-0.3, -0.25) is 14.5 Å². The van der Waals surface area contributed by atoms with Crippen LogP contribution in [0, 0.1) is 0 Å². The third-order valence-corrected chi connectivity index (χ3v) is 2.85. The zero-order valence-corrected chi connectivity index (χ0v) is 10.3. The van der Waals surface area contributed by atoms with Crippen molar-refractivity contribution in [2.75, 3.05) is 13.1 Å². The number of aromatic carboxylic acids is 1. The number of carboxylic acid groups (broad SMARTS) is 1. The molecule has 0 fully saturated rings. The first-order valence-electron chi connectivity index (χ1n) is 5.68. The van der Waals surface area contributed by atoms with Gasteiger partial charge in [0.25, 0.3) is 11.8 Å². The van der Waals surface area contributed by atoms with Crippen molar-refractivity contribution in [3.8, 4) is 0 Å². The van der Waals surface area contributed by atoms with Crippen LogP contribution < -0.4 is 11.1 Å². The van der Waals surface area contributed by atoms with Crippen LogP contribution in [0.2, 0.25) is 0 Å². The third-order valence-electron chi connectivity index (χ3n) is 2.85. The summed E-state index contributed by atoms with van der Waals surface area (Å²) in [6.07, 6.45) is 0. The molecular weight excluding hydrogens is 266 g/mol. The summed E-state index contributed by atoms with van der Waals surface area (Å²) in [5.41, 5.74) is 5.01. The maximum Gasteiger partial charge on any atom is 0.335 e. The van der Waals surface area contributed by atoms with Gasteiger partial charge in [0.05, 0.1) is 16.7 Å². The number of carboxylic acids is 1. The number of benzene rings is 1. The standard InChI is InChI=1S/C12H11N3O5/c13-12(20)14-3-4-15-9(16)7-2-1-6(11(18)19)5-8(7)10(15)17/h1-2,5H,3-4H2,(H,18,19)(H3,13,14,20). The van der Waals surface area contributed by atoms with Gasteiger partial charge in [0.1, 0.15) is 0 Å². The number of primary amides is 1. The van der Waals surface area contributed by atoms with E-state index in [-0.39, 0.29) is 29.8 Å². The summed E-state index contributed by atoms with van der Waals surface area (Å²) in [6, 6.07) is 2.98. The fourth-order valence-corrected chi connectivity index (χ4v) is 1.92. The summed E-state index contributed by atoms with van der Waals surface area (Å²) in [5, 5.41) is 11.1. The molecule has 0 saturated carbocycles. The molecular formula is C12H11N3O5. The monoisotopic (exact) mass is 277 g/mol. The second-order valence-electron chi connectivity index (χ2n) is 4.12. The second-order valence-corrected chi connectivity index (χ2v) is 4.12. The number of hydrogen-bond donors (Lipinski definition) is 3. The number of nitrogens with one attached hydrogen (secondary N) is 1. The van der Waals surface area contributed by atoms with Crippen molar-refractivity contribution in [1.29, 1.82) is 0 Å². The van der Waals surface area contributed by atoms with Crippen LogP contribution in [0.25, 0.3) is 0 Å². The molecule has 4 N–H and O–H groups in total. The Morgan fingerprint density at radius 2 is 1.85 bits per heavy atom. The number of imide groups is 1. The first-order chi connectivity index (χ1) is 9.41. The van der Waals surface area contributed by atoms with Crippen LogP contribution in [0.5, 0.6) is 0 Å². The first kappa shape index (κ1) is 13.5. The van der Waals surface area contributed by atoms with Crippen LogP contribution in [0.15, 0.2) is 18.2 Å². The molecule has 8 heteroatoms. The second kappa shape index (κ2) is 5.00. The number of urea groups is 1. The molecule has 1 aromatic carbocycles. The Balaban J connectivity index is 2.21. The molecule has 0 aliphatic carbocycles. The van der Waals surface area contributed by atoms with Gasteiger partial charge in [-0.2, -0.15) is 0 Å². The lowest BCUT2D eigenvalue weighted by atomic mass is 10.1. The number of rotatable bonds is 4. The van der Waals surface area contributed by atoms with Gasteiger partial charge in [0, 0.05) is 13.1 Å². The van der Waals surface area contributed by atoms with Crippen molar-refractivity contribution in [3.63, 3.8) is 0 Å². The van der Waals surface area contributed by atoms with Gasteiger partial charge in [0.15, 0.2) is 0 Å². The average molecular weight is 277 g/mol. The van der Waals surface area contributed by atoms with Gasteiger partial charge >= 0.3 is 12.0 Å². The summed E-state index contributed by atoms with van der Waals surface area (Å²) in [6.45, 7) is 0.00425. The lowest BCUT2D eigenvalue weighted by molar-refractivity contribution is 0.0654. The molecule has 2 rings (SSSR count). The molecule has 8 nitrogen and oxygen atoms in total. The smallest absolute Gasteiger partial charge is 0.335 e. The van der Waals surface area contributed by atoms with Gasteiger partial charge in [-0.15, -0.1) is 0 Å². The zero-order valence-electron chi connectivity index (χ0n) is 10.3. The highest BCUT2D eigenvalue weighted by atomic mass is 16.4. The molecule has 0 bridgehead atoms. The van der Waals surface area contributed by atoms with Crippen LogP contribution in [0.4, 0.5) is 4.79 Å². The summed E-state index contributed by atoms with van der Waals surface area (Å²) in [5.74, 6) is -2.28. The molecule has 1 aromatic rings. The van der Waals surface area contributed by atoms with E-state index in [1.165, 1.54) is 18.2 Å². The van der Waals surface area contributed by atoms with E-state index in [9.17, 15) is 19.2 Å². The number of carbonyl (C=O) groups excluding carboxylic acids is 3. The van der Waals surface area contributed by atoms with E-state index in [1.54, 1.807) is 0 Å². The van der Waals surface area contributed by atoms with Gasteiger partial charge in [-0.1, -0.05) is 0 Å². The van der Waals surface area contributed by atoms with Gasteiger partial charge in [0.2, 0.25) is 0 Å². The van der Waals surface area contributed by atoms with Crippen LogP contribution >= 0.6 is 0 Å². The van der Waals surface area contributed by atoms with E-state index in [4.69, 9.17) is 10.8 Å². The van der Waals surface area contributed by atoms with E-state index >= 15 is 0 Å². The van der Waals surface area contributed by atoms with E-state index < -0.39 is 23.8 Å². The van der Waals surface area contributed by atoms with E-state index in [1.807, 2.05) is 0 Å². The fourth-order valence-electron chi connectivity index (χ4n) is 1.92. The largest absolute Gasteiger partial charge is 0.478 e. The summed E-state index contributed by atoms with van der Waals surface area (Å²) >= 11 is 0. The number of amides is 4. The Hall–Kier alpha value is -2.90. The molecule has 1 heterocycles. The van der Waals surface area contributed by atoms with Crippen LogP contribution in [-0.4, -0.2) is 46.9 Å². The molecule has 0 radical (unpaired) electrons. The number of nitrogens with zero attached hydrogens (tertiary/aromatic N) is 1. The van der Waals surface area contributed by atoms with Gasteiger partial charge < -0.3 is 16.2 Å². The molecule has 0 spiro atoms. The Morgan fingerprint density at radius 1 is 1.20 bits per heavy atom. The molecule has 20 heavy (non-hydrogen) atoms. The normalized spacial score (nSPS) is 13.3. The first-order valence-corrected chi connectivity index (χ1v) is 5.68. The fraction of sp³-hybridized carbons (Fsp3) is 0.167. The molecule has 1 aliphatic rings. The average Bonchev–Trinajstić information content (AvgIpc) is 2.63. The molecule has 0 atom stereocenters. The third kappa shape index (κ3) is 2.30. The van der Waals surface area contributed by atoms with Crippen molar-refractivity contribution in [3.05, 3.63) is 34.9 Å². The number of hydrogen-bond acceptors (Lipinski definition) is 4. The highest BCUT2D eigenvalue weighted by Crippen LogP contribution is 2.23. The minimum absolute atomic E-state index is 0.0301. The van der Waals surface area contributed by atoms with Crippen molar-refractivity contribution in [2.24, 2.45) is 5.73 Å². The Kier molecular flexibility index (Phi) is 3.38. The summed E-state index contributed by atoms with van der Waals surface area (Å²) in [4.78, 5) is 46.3. The van der Waals surface area contributed by atoms with Crippen molar-refractivity contribution >= 4 is 23.8 Å². The van der Waals surface area contributed by atoms with E-state index in [2.05, 4.69) is 5.32 Å². The number of carbonyl (C=O) groups is 4. The highest BCUT2D eigenvalue weighted by Gasteiger charge is 2.35. The predicted octanol–water partition coefficient (Wildman–Crippen LogP) is -0.351. The quantitative estimate of drug-likeness (QED) is 0.647. The molecule has 4 amide bonds. The molecule has 0 unspecified atom stereocenters. The summed E-state index contributed by atoms with van der Waals surface area (Å²) in [7, 11) is 0. The van der Waals surface area contributed by atoms with Crippen molar-refractivity contribution < 1.29 is 24.3 Å². The van der Waals surface area contributed by atoms with Gasteiger partial charge in [-0.25, -0.2) is 9.59 Å². The van der Waals surface area contributed by atoms with Crippen LogP contribution in [-0.2, 0) is 0 Å².